The van der Waals surface area contributed by atoms with E-state index in [4.69, 9.17) is 14.2 Å². The van der Waals surface area contributed by atoms with E-state index >= 15 is 0 Å². The summed E-state index contributed by atoms with van der Waals surface area (Å²) in [6, 6.07) is 3.55. The summed E-state index contributed by atoms with van der Waals surface area (Å²) in [6.45, 7) is -1.67. The third-order valence-corrected chi connectivity index (χ3v) is 8.26. The summed E-state index contributed by atoms with van der Waals surface area (Å²) >= 11 is 0. The molecule has 3 aliphatic heterocycles. The van der Waals surface area contributed by atoms with Crippen molar-refractivity contribution in [2.75, 3.05) is 13.2 Å². The molecular weight excluding hydrogens is 580 g/mol. The van der Waals surface area contributed by atoms with E-state index in [-0.39, 0.29) is 16.9 Å². The molecule has 0 amide bonds. The van der Waals surface area contributed by atoms with Gasteiger partial charge in [-0.05, 0) is 17.7 Å². The van der Waals surface area contributed by atoms with Gasteiger partial charge in [0.25, 0.3) is 0 Å². The highest BCUT2D eigenvalue weighted by molar-refractivity contribution is 5.65. The predicted molar refractivity (Wildman–Crippen MR) is 138 cm³/mol. The first-order valence-corrected chi connectivity index (χ1v) is 13.4. The van der Waals surface area contributed by atoms with Gasteiger partial charge in [0.05, 0.1) is 30.4 Å². The molecule has 2 saturated heterocycles. The molecule has 238 valence electrons. The van der Waals surface area contributed by atoms with E-state index in [2.05, 4.69) is 0 Å². The average Bonchev–Trinajstić information content (AvgIpc) is 2.98. The van der Waals surface area contributed by atoms with Gasteiger partial charge in [-0.1, -0.05) is 6.07 Å². The molecule has 0 unspecified atom stereocenters. The summed E-state index contributed by atoms with van der Waals surface area (Å²) in [6.07, 6.45) is -21.1. The largest absolute Gasteiger partial charge is 0.507 e. The van der Waals surface area contributed by atoms with Crippen LogP contribution in [0.4, 0.5) is 0 Å². The van der Waals surface area contributed by atoms with Crippen LogP contribution in [0.5, 0.6) is 28.7 Å². The second kappa shape index (κ2) is 11.8. The molecule has 2 aromatic rings. The molecule has 0 saturated carbocycles. The SMILES string of the molecule is OC[C@H]1O[C@@H](c2c(O)c3c(c([C@@H]4O[C@H](CO)[C@H](O)[C@H](O)[C@H]4O)c2O)O[C@H](c2ccc(O)c(O)c2)[C@H](O)C3)[C@H](O)[C@@H](O)[C@H]1O. The zero-order valence-electron chi connectivity index (χ0n) is 22.3. The van der Waals surface area contributed by atoms with Gasteiger partial charge >= 0.3 is 0 Å². The molecule has 3 heterocycles. The molecule has 0 radical (unpaired) electrons. The number of phenols is 4. The number of rotatable bonds is 5. The van der Waals surface area contributed by atoms with Crippen molar-refractivity contribution in [3.8, 4) is 28.7 Å². The average molecular weight is 615 g/mol. The van der Waals surface area contributed by atoms with E-state index in [0.717, 1.165) is 12.1 Å². The number of aliphatic hydroxyl groups is 9. The van der Waals surface area contributed by atoms with E-state index in [0.29, 0.717) is 0 Å². The summed E-state index contributed by atoms with van der Waals surface area (Å²) in [7, 11) is 0. The minimum absolute atomic E-state index is 0.144. The van der Waals surface area contributed by atoms with Crippen LogP contribution in [-0.2, 0) is 15.9 Å². The summed E-state index contributed by atoms with van der Waals surface area (Å²) < 4.78 is 17.2. The highest BCUT2D eigenvalue weighted by Crippen LogP contribution is 2.55. The molecule has 12 atom stereocenters. The molecule has 0 spiro atoms. The normalized spacial score (nSPS) is 37.9. The maximum atomic E-state index is 11.6. The van der Waals surface area contributed by atoms with E-state index in [1.54, 1.807) is 0 Å². The Balaban J connectivity index is 1.71. The second-order valence-corrected chi connectivity index (χ2v) is 10.9. The van der Waals surface area contributed by atoms with Gasteiger partial charge in [-0.3, -0.25) is 0 Å². The number of phenolic OH excluding ortho intramolecular Hbond substituents is 4. The molecule has 16 nitrogen and oxygen atoms in total. The van der Waals surface area contributed by atoms with Crippen LogP contribution in [0.1, 0.15) is 40.6 Å². The maximum absolute atomic E-state index is 11.6. The molecule has 13 N–H and O–H groups in total. The van der Waals surface area contributed by atoms with Crippen LogP contribution in [-0.4, -0.2) is 135 Å². The van der Waals surface area contributed by atoms with Crippen molar-refractivity contribution >= 4 is 0 Å². The van der Waals surface area contributed by atoms with Crippen LogP contribution in [0.25, 0.3) is 0 Å². The number of ether oxygens (including phenoxy) is 3. The van der Waals surface area contributed by atoms with E-state index < -0.39 is 127 Å². The van der Waals surface area contributed by atoms with E-state index in [1.165, 1.54) is 6.07 Å². The lowest BCUT2D eigenvalue weighted by atomic mass is 9.82. The van der Waals surface area contributed by atoms with E-state index in [1.807, 2.05) is 0 Å². The second-order valence-electron chi connectivity index (χ2n) is 10.9. The quantitative estimate of drug-likeness (QED) is 0.146. The molecule has 2 aromatic carbocycles. The van der Waals surface area contributed by atoms with Gasteiger partial charge < -0.3 is 80.6 Å². The van der Waals surface area contributed by atoms with Crippen molar-refractivity contribution in [3.05, 3.63) is 40.5 Å². The summed E-state index contributed by atoms with van der Waals surface area (Å²) in [4.78, 5) is 0. The Kier molecular flexibility index (Phi) is 8.64. The minimum Gasteiger partial charge on any atom is -0.507 e. The van der Waals surface area contributed by atoms with Gasteiger partial charge in [-0.2, -0.15) is 0 Å². The standard InChI is InChI=1S/C27H34O16/c28-5-12-17(34)20(37)22(39)26(41-12)14-16(33)8-4-11(32)24(7-1-2-9(30)10(31)3-7)43-25(8)15(19(14)36)27-23(40)21(38)18(35)13(6-29)42-27/h1-3,11-13,17-18,20-24,26-40H,4-6H2/t11-,12-,13-,17+,18+,20+,21+,22-,23-,24-,26+,27+/m1/s1. The Bertz CT molecular complexity index is 1330. The van der Waals surface area contributed by atoms with Crippen molar-refractivity contribution in [2.45, 2.75) is 79.7 Å². The van der Waals surface area contributed by atoms with Crippen molar-refractivity contribution in [1.29, 1.82) is 0 Å². The Morgan fingerprint density at radius 2 is 1.14 bits per heavy atom. The van der Waals surface area contributed by atoms with Crippen LogP contribution in [0.2, 0.25) is 0 Å². The molecular formula is C27H34O16. The number of hydrogen-bond acceptors (Lipinski definition) is 16. The molecule has 5 rings (SSSR count). The fourth-order valence-electron chi connectivity index (χ4n) is 5.86. The number of aromatic hydroxyl groups is 4. The van der Waals surface area contributed by atoms with Gasteiger partial charge in [-0.25, -0.2) is 0 Å². The van der Waals surface area contributed by atoms with Crippen LogP contribution >= 0.6 is 0 Å². The number of fused-ring (bicyclic) bond motifs is 1. The van der Waals surface area contributed by atoms with Crippen molar-refractivity contribution < 1.29 is 80.6 Å². The molecule has 43 heavy (non-hydrogen) atoms. The van der Waals surface area contributed by atoms with Crippen molar-refractivity contribution in [2.24, 2.45) is 0 Å². The lowest BCUT2D eigenvalue weighted by Crippen LogP contribution is -2.55. The Labute approximate surface area is 243 Å². The smallest absolute Gasteiger partial charge is 0.157 e. The topological polar surface area (TPSA) is 291 Å². The molecule has 0 aromatic heterocycles. The Morgan fingerprint density at radius 3 is 1.65 bits per heavy atom. The zero-order chi connectivity index (χ0) is 31.5. The highest BCUT2D eigenvalue weighted by Gasteiger charge is 2.51. The van der Waals surface area contributed by atoms with Gasteiger partial charge in [0.1, 0.15) is 84.4 Å². The first-order chi connectivity index (χ1) is 20.3. The predicted octanol–water partition coefficient (Wildman–Crippen LogP) is -3.42. The number of aliphatic hydroxyl groups excluding tert-OH is 9. The van der Waals surface area contributed by atoms with Crippen molar-refractivity contribution in [3.63, 3.8) is 0 Å². The van der Waals surface area contributed by atoms with E-state index in [9.17, 15) is 66.4 Å². The van der Waals surface area contributed by atoms with Gasteiger partial charge in [-0.15, -0.1) is 0 Å². The Morgan fingerprint density at radius 1 is 0.605 bits per heavy atom. The molecule has 0 aliphatic carbocycles. The van der Waals surface area contributed by atoms with Crippen LogP contribution in [0, 0.1) is 0 Å². The Hall–Kier alpha value is -3.00. The molecule has 2 fully saturated rings. The lowest BCUT2D eigenvalue weighted by molar-refractivity contribution is -0.234. The summed E-state index contributed by atoms with van der Waals surface area (Å²) in [5.74, 6) is -3.13. The van der Waals surface area contributed by atoms with Crippen LogP contribution < -0.4 is 4.74 Å². The van der Waals surface area contributed by atoms with Crippen LogP contribution in [0.3, 0.4) is 0 Å². The molecule has 16 heteroatoms. The first kappa shape index (κ1) is 31.4. The van der Waals surface area contributed by atoms with Gasteiger partial charge in [0.2, 0.25) is 0 Å². The molecule has 0 bridgehead atoms. The maximum Gasteiger partial charge on any atom is 0.157 e. The number of hydrogen-bond donors (Lipinski definition) is 13. The van der Waals surface area contributed by atoms with Gasteiger partial charge in [0.15, 0.2) is 11.5 Å². The summed E-state index contributed by atoms with van der Waals surface area (Å²) in [5.41, 5.74) is -1.16. The van der Waals surface area contributed by atoms with Gasteiger partial charge in [0, 0.05) is 12.0 Å². The fraction of sp³-hybridized carbons (Fsp3) is 0.556. The first-order valence-electron chi connectivity index (χ1n) is 13.4. The van der Waals surface area contributed by atoms with Crippen molar-refractivity contribution in [1.82, 2.24) is 0 Å². The zero-order valence-corrected chi connectivity index (χ0v) is 22.3. The number of benzene rings is 2. The third-order valence-electron chi connectivity index (χ3n) is 8.26. The summed E-state index contributed by atoms with van der Waals surface area (Å²) in [5, 5.41) is 136. The monoisotopic (exact) mass is 614 g/mol. The lowest BCUT2D eigenvalue weighted by Gasteiger charge is -2.44. The third kappa shape index (κ3) is 5.13. The highest BCUT2D eigenvalue weighted by atomic mass is 16.6. The molecule has 3 aliphatic rings. The van der Waals surface area contributed by atoms with Crippen LogP contribution in [0.15, 0.2) is 18.2 Å². The fourth-order valence-corrected chi connectivity index (χ4v) is 5.86. The minimum atomic E-state index is -1.99.